The summed E-state index contributed by atoms with van der Waals surface area (Å²) in [4.78, 5) is 27.3. The van der Waals surface area contributed by atoms with Gasteiger partial charge in [0, 0.05) is 30.3 Å². The fraction of sp³-hybridized carbons (Fsp3) is 0.391. The smallest absolute Gasteiger partial charge is 0.254 e. The van der Waals surface area contributed by atoms with E-state index in [9.17, 15) is 9.59 Å². The highest BCUT2D eigenvalue weighted by molar-refractivity contribution is 5.99. The SMILES string of the molecule is CCC(C)NC(=O)c1cccc(C(=O)N2CCc3cc(OC)c(OC)cc3C2)c1. The van der Waals surface area contributed by atoms with E-state index < -0.39 is 0 Å². The summed E-state index contributed by atoms with van der Waals surface area (Å²) in [6.07, 6.45) is 1.60. The van der Waals surface area contributed by atoms with Gasteiger partial charge in [0.1, 0.15) is 0 Å². The number of nitrogens with zero attached hydrogens (tertiary/aromatic N) is 1. The largest absolute Gasteiger partial charge is 0.493 e. The number of carbonyl (C=O) groups is 2. The molecule has 6 heteroatoms. The summed E-state index contributed by atoms with van der Waals surface area (Å²) in [6.45, 7) is 5.09. The Morgan fingerprint density at radius 1 is 1.07 bits per heavy atom. The van der Waals surface area contributed by atoms with E-state index in [1.54, 1.807) is 43.4 Å². The van der Waals surface area contributed by atoms with E-state index in [2.05, 4.69) is 5.32 Å². The molecule has 0 aliphatic carbocycles. The molecule has 1 aliphatic rings. The fourth-order valence-electron chi connectivity index (χ4n) is 3.44. The van der Waals surface area contributed by atoms with Crippen LogP contribution in [0.25, 0.3) is 0 Å². The highest BCUT2D eigenvalue weighted by Crippen LogP contribution is 2.33. The molecule has 6 nitrogen and oxygen atoms in total. The molecule has 0 saturated heterocycles. The van der Waals surface area contributed by atoms with Crippen molar-refractivity contribution in [1.82, 2.24) is 10.2 Å². The zero-order chi connectivity index (χ0) is 21.0. The molecule has 1 unspecified atom stereocenters. The molecule has 1 N–H and O–H groups in total. The van der Waals surface area contributed by atoms with E-state index in [1.807, 2.05) is 26.0 Å². The van der Waals surface area contributed by atoms with Crippen LogP contribution in [0.2, 0.25) is 0 Å². The zero-order valence-electron chi connectivity index (χ0n) is 17.5. The Balaban J connectivity index is 1.78. The maximum atomic E-state index is 13.1. The molecule has 154 valence electrons. The van der Waals surface area contributed by atoms with Gasteiger partial charge in [-0.15, -0.1) is 0 Å². The topological polar surface area (TPSA) is 67.9 Å². The van der Waals surface area contributed by atoms with Crippen molar-refractivity contribution in [3.8, 4) is 11.5 Å². The van der Waals surface area contributed by atoms with Gasteiger partial charge in [0.25, 0.3) is 11.8 Å². The predicted molar refractivity (Wildman–Crippen MR) is 112 cm³/mol. The van der Waals surface area contributed by atoms with Gasteiger partial charge in [0.15, 0.2) is 11.5 Å². The maximum Gasteiger partial charge on any atom is 0.254 e. The molecule has 2 amide bonds. The van der Waals surface area contributed by atoms with Crippen molar-refractivity contribution in [1.29, 1.82) is 0 Å². The van der Waals surface area contributed by atoms with Crippen molar-refractivity contribution in [2.24, 2.45) is 0 Å². The lowest BCUT2D eigenvalue weighted by atomic mass is 9.98. The van der Waals surface area contributed by atoms with Crippen LogP contribution in [0.5, 0.6) is 11.5 Å². The Hall–Kier alpha value is -3.02. The number of benzene rings is 2. The molecule has 0 spiro atoms. The minimum absolute atomic E-state index is 0.0800. The Kier molecular flexibility index (Phi) is 6.42. The second kappa shape index (κ2) is 8.99. The molecule has 29 heavy (non-hydrogen) atoms. The van der Waals surface area contributed by atoms with E-state index in [0.717, 1.165) is 24.0 Å². The average molecular weight is 396 g/mol. The molecule has 0 aromatic heterocycles. The molecule has 1 atom stereocenters. The second-order valence-corrected chi connectivity index (χ2v) is 7.32. The third-order valence-electron chi connectivity index (χ3n) is 5.37. The minimum Gasteiger partial charge on any atom is -0.493 e. The first kappa shape index (κ1) is 20.7. The number of hydrogen-bond donors (Lipinski definition) is 1. The normalized spacial score (nSPS) is 14.0. The van der Waals surface area contributed by atoms with Crippen LogP contribution in [-0.2, 0) is 13.0 Å². The number of methoxy groups -OCH3 is 2. The molecule has 1 aliphatic heterocycles. The summed E-state index contributed by atoms with van der Waals surface area (Å²) >= 11 is 0. The number of hydrogen-bond acceptors (Lipinski definition) is 4. The van der Waals surface area contributed by atoms with Gasteiger partial charge < -0.3 is 19.7 Å². The van der Waals surface area contributed by atoms with Gasteiger partial charge in [0.05, 0.1) is 14.2 Å². The van der Waals surface area contributed by atoms with E-state index >= 15 is 0 Å². The Labute approximate surface area is 171 Å². The summed E-state index contributed by atoms with van der Waals surface area (Å²) in [5.74, 6) is 1.12. The Bertz CT molecular complexity index is 910. The quantitative estimate of drug-likeness (QED) is 0.812. The van der Waals surface area contributed by atoms with Crippen LogP contribution in [-0.4, -0.2) is 43.5 Å². The van der Waals surface area contributed by atoms with Crippen LogP contribution in [0, 0.1) is 0 Å². The van der Waals surface area contributed by atoms with Crippen molar-refractivity contribution in [3.63, 3.8) is 0 Å². The maximum absolute atomic E-state index is 13.1. The van der Waals surface area contributed by atoms with Gasteiger partial charge >= 0.3 is 0 Å². The standard InChI is InChI=1S/C23H28N2O4/c1-5-15(2)24-22(26)17-7-6-8-18(11-17)23(27)25-10-9-16-12-20(28-3)21(29-4)13-19(16)14-25/h6-8,11-13,15H,5,9-10,14H2,1-4H3,(H,24,26). The third kappa shape index (κ3) is 4.53. The number of fused-ring (bicyclic) bond motifs is 1. The molecule has 0 fully saturated rings. The van der Waals surface area contributed by atoms with Crippen LogP contribution >= 0.6 is 0 Å². The lowest BCUT2D eigenvalue weighted by Crippen LogP contribution is -2.36. The Morgan fingerprint density at radius 2 is 1.72 bits per heavy atom. The lowest BCUT2D eigenvalue weighted by Gasteiger charge is -2.30. The number of carbonyl (C=O) groups excluding carboxylic acids is 2. The van der Waals surface area contributed by atoms with Crippen LogP contribution in [0.4, 0.5) is 0 Å². The summed E-state index contributed by atoms with van der Waals surface area (Å²) < 4.78 is 10.8. The second-order valence-electron chi connectivity index (χ2n) is 7.32. The third-order valence-corrected chi connectivity index (χ3v) is 5.37. The van der Waals surface area contributed by atoms with Gasteiger partial charge in [-0.3, -0.25) is 9.59 Å². The Morgan fingerprint density at radius 3 is 2.38 bits per heavy atom. The molecule has 2 aromatic rings. The first-order chi connectivity index (χ1) is 14.0. The number of ether oxygens (including phenoxy) is 2. The van der Waals surface area contributed by atoms with Crippen molar-refractivity contribution < 1.29 is 19.1 Å². The van der Waals surface area contributed by atoms with Crippen molar-refractivity contribution in [2.75, 3.05) is 20.8 Å². The minimum atomic E-state index is -0.158. The first-order valence-corrected chi connectivity index (χ1v) is 9.90. The predicted octanol–water partition coefficient (Wildman–Crippen LogP) is 3.43. The van der Waals surface area contributed by atoms with Crippen LogP contribution in [0.3, 0.4) is 0 Å². The molecular weight excluding hydrogens is 368 g/mol. The summed E-state index contributed by atoms with van der Waals surface area (Å²) in [5.41, 5.74) is 3.23. The van der Waals surface area contributed by atoms with Gasteiger partial charge in [-0.25, -0.2) is 0 Å². The monoisotopic (exact) mass is 396 g/mol. The summed E-state index contributed by atoms with van der Waals surface area (Å²) in [5, 5.41) is 2.94. The highest BCUT2D eigenvalue weighted by atomic mass is 16.5. The molecule has 0 radical (unpaired) electrons. The van der Waals surface area contributed by atoms with E-state index in [0.29, 0.717) is 35.7 Å². The van der Waals surface area contributed by atoms with Gasteiger partial charge in [-0.1, -0.05) is 13.0 Å². The van der Waals surface area contributed by atoms with Crippen molar-refractivity contribution >= 4 is 11.8 Å². The molecular formula is C23H28N2O4. The van der Waals surface area contributed by atoms with Gasteiger partial charge in [-0.05, 0) is 61.2 Å². The number of rotatable bonds is 6. The van der Waals surface area contributed by atoms with Crippen LogP contribution in [0.1, 0.15) is 52.1 Å². The first-order valence-electron chi connectivity index (χ1n) is 9.90. The average Bonchev–Trinajstić information content (AvgIpc) is 2.76. The lowest BCUT2D eigenvalue weighted by molar-refractivity contribution is 0.0734. The number of nitrogens with one attached hydrogen (secondary N) is 1. The van der Waals surface area contributed by atoms with Crippen LogP contribution in [0.15, 0.2) is 36.4 Å². The molecule has 0 bridgehead atoms. The van der Waals surface area contributed by atoms with Gasteiger partial charge in [0.2, 0.25) is 0 Å². The fourth-order valence-corrected chi connectivity index (χ4v) is 3.44. The molecule has 2 aromatic carbocycles. The highest BCUT2D eigenvalue weighted by Gasteiger charge is 2.24. The summed E-state index contributed by atoms with van der Waals surface area (Å²) in [7, 11) is 3.22. The number of amides is 2. The van der Waals surface area contributed by atoms with E-state index in [4.69, 9.17) is 9.47 Å². The zero-order valence-corrected chi connectivity index (χ0v) is 17.5. The van der Waals surface area contributed by atoms with E-state index in [-0.39, 0.29) is 17.9 Å². The summed E-state index contributed by atoms with van der Waals surface area (Å²) in [6, 6.07) is 10.9. The van der Waals surface area contributed by atoms with Crippen molar-refractivity contribution in [3.05, 3.63) is 58.7 Å². The van der Waals surface area contributed by atoms with E-state index in [1.165, 1.54) is 0 Å². The van der Waals surface area contributed by atoms with Crippen molar-refractivity contribution in [2.45, 2.75) is 39.3 Å². The molecule has 0 saturated carbocycles. The van der Waals surface area contributed by atoms with Crippen LogP contribution < -0.4 is 14.8 Å². The molecule has 1 heterocycles. The van der Waals surface area contributed by atoms with Gasteiger partial charge in [-0.2, -0.15) is 0 Å². The molecule has 3 rings (SSSR count).